The Kier molecular flexibility index (Phi) is 4.42. The number of rotatable bonds is 3. The number of aromatic nitrogens is 4. The van der Waals surface area contributed by atoms with Crippen LogP contribution in [0.25, 0.3) is 61.2 Å². The molecule has 4 heteroatoms. The predicted octanol–water partition coefficient (Wildman–Crippen LogP) is 7.46. The molecule has 0 spiro atoms. The van der Waals surface area contributed by atoms with Gasteiger partial charge >= 0.3 is 0 Å². The molecule has 7 aromatic rings. The van der Waals surface area contributed by atoms with Crippen LogP contribution in [0.1, 0.15) is 0 Å². The van der Waals surface area contributed by atoms with Gasteiger partial charge in [0.15, 0.2) is 0 Å². The molecule has 0 amide bonds. The second-order valence-corrected chi connectivity index (χ2v) is 8.56. The van der Waals surface area contributed by atoms with Gasteiger partial charge in [-0.25, -0.2) is 9.97 Å². The molecule has 0 aliphatic carbocycles. The molecule has 0 bridgehead atoms. The van der Waals surface area contributed by atoms with Gasteiger partial charge < -0.3 is 0 Å². The molecule has 0 fully saturated rings. The van der Waals surface area contributed by atoms with Crippen LogP contribution < -0.4 is 0 Å². The highest BCUT2D eigenvalue weighted by Crippen LogP contribution is 2.34. The van der Waals surface area contributed by atoms with Crippen LogP contribution in [0.15, 0.2) is 121 Å². The summed E-state index contributed by atoms with van der Waals surface area (Å²) in [5.74, 6) is 0.642. The minimum absolute atomic E-state index is 0.642. The minimum atomic E-state index is 0.642. The largest absolute Gasteiger partial charge is 0.276 e. The Morgan fingerprint density at radius 1 is 0.514 bits per heavy atom. The van der Waals surface area contributed by atoms with E-state index in [-0.39, 0.29) is 0 Å². The molecule has 4 aromatic carbocycles. The van der Waals surface area contributed by atoms with Gasteiger partial charge in [-0.15, -0.1) is 0 Å². The molecule has 0 saturated heterocycles. The van der Waals surface area contributed by atoms with Gasteiger partial charge in [0.05, 0.1) is 34.1 Å². The van der Waals surface area contributed by atoms with Gasteiger partial charge in [0.1, 0.15) is 0 Å². The maximum absolute atomic E-state index is 5.12. The van der Waals surface area contributed by atoms with Gasteiger partial charge in [0.25, 0.3) is 0 Å². The predicted molar refractivity (Wildman–Crippen MR) is 143 cm³/mol. The first-order valence-corrected chi connectivity index (χ1v) is 11.6. The fraction of sp³-hybridized carbons (Fsp3) is 0. The first-order chi connectivity index (χ1) is 17.4. The Labute approximate surface area is 202 Å². The number of pyridine rings is 1. The fourth-order valence-corrected chi connectivity index (χ4v) is 4.83. The van der Waals surface area contributed by atoms with E-state index < -0.39 is 0 Å². The third-order valence-electron chi connectivity index (χ3n) is 6.47. The van der Waals surface area contributed by atoms with E-state index in [2.05, 4.69) is 65.2 Å². The molecule has 0 aliphatic heterocycles. The summed E-state index contributed by atoms with van der Waals surface area (Å²) < 4.78 is 2.13. The third-order valence-corrected chi connectivity index (χ3v) is 6.47. The van der Waals surface area contributed by atoms with Crippen molar-refractivity contribution in [2.45, 2.75) is 0 Å². The van der Waals surface area contributed by atoms with Crippen LogP contribution >= 0.6 is 0 Å². The van der Waals surface area contributed by atoms with Crippen LogP contribution in [0.5, 0.6) is 0 Å². The van der Waals surface area contributed by atoms with Crippen molar-refractivity contribution >= 4 is 32.7 Å². The average molecular weight is 449 g/mol. The number of fused-ring (bicyclic) bond motifs is 4. The van der Waals surface area contributed by atoms with E-state index in [4.69, 9.17) is 15.0 Å². The lowest BCUT2D eigenvalue weighted by molar-refractivity contribution is 1.01. The molecule has 0 unspecified atom stereocenters. The van der Waals surface area contributed by atoms with Crippen molar-refractivity contribution in [2.75, 3.05) is 0 Å². The zero-order valence-electron chi connectivity index (χ0n) is 18.8. The zero-order valence-corrected chi connectivity index (χ0v) is 18.8. The van der Waals surface area contributed by atoms with Gasteiger partial charge in [0.2, 0.25) is 5.95 Å². The molecule has 0 N–H and O–H groups in total. The van der Waals surface area contributed by atoms with Crippen molar-refractivity contribution in [3.8, 4) is 28.5 Å². The molecule has 4 nitrogen and oxygen atoms in total. The summed E-state index contributed by atoms with van der Waals surface area (Å²) in [4.78, 5) is 15.0. The lowest BCUT2D eigenvalue weighted by Crippen LogP contribution is -2.03. The van der Waals surface area contributed by atoms with Crippen LogP contribution in [-0.4, -0.2) is 19.5 Å². The SMILES string of the molecule is c1ccc(-c2cc3c4ccccc4n(-c4nc(-c5ccccc5)c5ccccc5n4)c3cn2)cc1. The number of para-hydroxylation sites is 2. The monoisotopic (exact) mass is 448 g/mol. The van der Waals surface area contributed by atoms with Gasteiger partial charge in [0, 0.05) is 27.3 Å². The van der Waals surface area contributed by atoms with E-state index in [0.29, 0.717) is 5.95 Å². The van der Waals surface area contributed by atoms with Crippen LogP contribution in [-0.2, 0) is 0 Å². The molecular formula is C31H20N4. The molecule has 0 saturated carbocycles. The maximum atomic E-state index is 5.12. The van der Waals surface area contributed by atoms with Crippen molar-refractivity contribution in [3.05, 3.63) is 121 Å². The maximum Gasteiger partial charge on any atom is 0.235 e. The number of nitrogens with zero attached hydrogens (tertiary/aromatic N) is 4. The Hall–Kier alpha value is -4.83. The summed E-state index contributed by atoms with van der Waals surface area (Å²) in [6.07, 6.45) is 1.94. The Morgan fingerprint density at radius 2 is 1.17 bits per heavy atom. The standard InChI is InChI=1S/C31H20N4/c1-3-11-21(12-4-1)27-19-25-23-15-8-10-18-28(23)35(29(25)20-32-27)31-33-26-17-9-7-16-24(26)30(34-31)22-13-5-2-6-14-22/h1-20H. The van der Waals surface area contributed by atoms with E-state index in [1.165, 1.54) is 0 Å². The quantitative estimate of drug-likeness (QED) is 0.282. The van der Waals surface area contributed by atoms with Crippen LogP contribution in [0.4, 0.5) is 0 Å². The molecule has 0 radical (unpaired) electrons. The van der Waals surface area contributed by atoms with E-state index in [1.54, 1.807) is 0 Å². The minimum Gasteiger partial charge on any atom is -0.276 e. The Morgan fingerprint density at radius 3 is 1.97 bits per heavy atom. The van der Waals surface area contributed by atoms with Crippen LogP contribution in [0, 0.1) is 0 Å². The first kappa shape index (κ1) is 19.6. The van der Waals surface area contributed by atoms with Crippen molar-refractivity contribution in [1.82, 2.24) is 19.5 Å². The van der Waals surface area contributed by atoms with E-state index in [1.807, 2.05) is 60.8 Å². The highest BCUT2D eigenvalue weighted by Gasteiger charge is 2.17. The number of hydrogen-bond donors (Lipinski definition) is 0. The molecule has 164 valence electrons. The number of hydrogen-bond acceptors (Lipinski definition) is 3. The van der Waals surface area contributed by atoms with Gasteiger partial charge in [-0.3, -0.25) is 9.55 Å². The highest BCUT2D eigenvalue weighted by atomic mass is 15.2. The third kappa shape index (κ3) is 3.19. The van der Waals surface area contributed by atoms with E-state index in [9.17, 15) is 0 Å². The van der Waals surface area contributed by atoms with Crippen LogP contribution in [0.2, 0.25) is 0 Å². The summed E-state index contributed by atoms with van der Waals surface area (Å²) in [5, 5.41) is 3.32. The lowest BCUT2D eigenvalue weighted by Gasteiger charge is -2.11. The molecular weight excluding hydrogens is 428 g/mol. The number of benzene rings is 4. The molecule has 0 atom stereocenters. The van der Waals surface area contributed by atoms with Crippen LogP contribution in [0.3, 0.4) is 0 Å². The lowest BCUT2D eigenvalue weighted by atomic mass is 10.1. The summed E-state index contributed by atoms with van der Waals surface area (Å²) in [5.41, 5.74) is 6.99. The van der Waals surface area contributed by atoms with Gasteiger partial charge in [-0.1, -0.05) is 97.1 Å². The van der Waals surface area contributed by atoms with Crippen molar-refractivity contribution in [2.24, 2.45) is 0 Å². The molecule has 35 heavy (non-hydrogen) atoms. The van der Waals surface area contributed by atoms with Crippen molar-refractivity contribution in [1.29, 1.82) is 0 Å². The fourth-order valence-electron chi connectivity index (χ4n) is 4.83. The molecule has 3 heterocycles. The molecule has 3 aromatic heterocycles. The normalized spacial score (nSPS) is 11.4. The zero-order chi connectivity index (χ0) is 23.2. The summed E-state index contributed by atoms with van der Waals surface area (Å²) in [6, 6.07) is 39.4. The second kappa shape index (κ2) is 7.89. The molecule has 7 rings (SSSR count). The average Bonchev–Trinajstić information content (AvgIpc) is 3.27. The van der Waals surface area contributed by atoms with Gasteiger partial charge in [-0.05, 0) is 18.2 Å². The first-order valence-electron chi connectivity index (χ1n) is 11.6. The van der Waals surface area contributed by atoms with E-state index in [0.717, 1.165) is 55.2 Å². The van der Waals surface area contributed by atoms with Gasteiger partial charge in [-0.2, -0.15) is 0 Å². The summed E-state index contributed by atoms with van der Waals surface area (Å²) in [7, 11) is 0. The smallest absolute Gasteiger partial charge is 0.235 e. The topological polar surface area (TPSA) is 43.6 Å². The summed E-state index contributed by atoms with van der Waals surface area (Å²) >= 11 is 0. The highest BCUT2D eigenvalue weighted by molar-refractivity contribution is 6.09. The van der Waals surface area contributed by atoms with E-state index >= 15 is 0 Å². The Bertz CT molecular complexity index is 1840. The Balaban J connectivity index is 1.54. The summed E-state index contributed by atoms with van der Waals surface area (Å²) in [6.45, 7) is 0. The van der Waals surface area contributed by atoms with Crippen molar-refractivity contribution < 1.29 is 0 Å². The molecule has 0 aliphatic rings. The van der Waals surface area contributed by atoms with Crippen molar-refractivity contribution in [3.63, 3.8) is 0 Å². The second-order valence-electron chi connectivity index (χ2n) is 8.56.